The zero-order valence-corrected chi connectivity index (χ0v) is 18.4. The van der Waals surface area contributed by atoms with E-state index in [9.17, 15) is 14.7 Å². The number of aliphatic hydroxyl groups is 1. The second-order valence-corrected chi connectivity index (χ2v) is 12.9. The Kier molecular flexibility index (Phi) is 7.22. The number of anilines is 1. The Morgan fingerprint density at radius 1 is 1.03 bits per heavy atom. The van der Waals surface area contributed by atoms with Gasteiger partial charge < -0.3 is 20.5 Å². The van der Waals surface area contributed by atoms with Crippen LogP contribution in [0.4, 0.5) is 5.69 Å². The van der Waals surface area contributed by atoms with E-state index in [1.165, 1.54) is 12.1 Å². The first kappa shape index (κ1) is 22.2. The van der Waals surface area contributed by atoms with Gasteiger partial charge in [0.25, 0.3) is 5.91 Å². The first-order chi connectivity index (χ1) is 13.6. The van der Waals surface area contributed by atoms with Crippen LogP contribution in [0.1, 0.15) is 18.5 Å². The zero-order valence-electron chi connectivity index (χ0n) is 17.4. The summed E-state index contributed by atoms with van der Waals surface area (Å²) < 4.78 is 5.15. The fourth-order valence-corrected chi connectivity index (χ4v) is 3.90. The molecule has 0 aliphatic carbocycles. The molecule has 2 amide bonds. The van der Waals surface area contributed by atoms with E-state index in [0.29, 0.717) is 17.0 Å². The molecule has 3 N–H and O–H groups in total. The van der Waals surface area contributed by atoms with Crippen LogP contribution in [0, 0.1) is 0 Å². The number of aliphatic hydroxyl groups excluding tert-OH is 1. The van der Waals surface area contributed by atoms with Gasteiger partial charge in [0.15, 0.2) is 0 Å². The number of amides is 2. The quantitative estimate of drug-likeness (QED) is 0.369. The maximum Gasteiger partial charge on any atom is 0.251 e. The SMILES string of the molecule is COc1ccc(C(NC(=O)C=C(C)O)C(=O)Nc2ccc([Si](C)(C)C)cc2)cc1. The highest BCUT2D eigenvalue weighted by Crippen LogP contribution is 2.20. The van der Waals surface area contributed by atoms with E-state index in [4.69, 9.17) is 4.74 Å². The molecule has 0 saturated carbocycles. The Hall–Kier alpha value is -3.06. The molecule has 0 bridgehead atoms. The fraction of sp³-hybridized carbons (Fsp3) is 0.273. The van der Waals surface area contributed by atoms with Crippen LogP contribution in [0.5, 0.6) is 5.75 Å². The van der Waals surface area contributed by atoms with Gasteiger partial charge in [0.2, 0.25) is 5.91 Å². The van der Waals surface area contributed by atoms with Crippen LogP contribution in [-0.4, -0.2) is 32.1 Å². The number of hydrogen-bond donors (Lipinski definition) is 3. The third-order valence-corrected chi connectivity index (χ3v) is 6.42. The van der Waals surface area contributed by atoms with Gasteiger partial charge in [-0.05, 0) is 36.8 Å². The van der Waals surface area contributed by atoms with E-state index in [2.05, 4.69) is 30.3 Å². The van der Waals surface area contributed by atoms with Gasteiger partial charge in [-0.15, -0.1) is 0 Å². The van der Waals surface area contributed by atoms with Crippen molar-refractivity contribution in [3.63, 3.8) is 0 Å². The summed E-state index contributed by atoms with van der Waals surface area (Å²) in [4.78, 5) is 25.1. The van der Waals surface area contributed by atoms with Crippen molar-refractivity contribution in [2.75, 3.05) is 12.4 Å². The monoisotopic (exact) mass is 412 g/mol. The highest BCUT2D eigenvalue weighted by molar-refractivity contribution is 6.88. The van der Waals surface area contributed by atoms with Crippen LogP contribution < -0.4 is 20.6 Å². The van der Waals surface area contributed by atoms with Crippen molar-refractivity contribution in [2.24, 2.45) is 0 Å². The molecule has 29 heavy (non-hydrogen) atoms. The summed E-state index contributed by atoms with van der Waals surface area (Å²) in [5.41, 5.74) is 1.25. The van der Waals surface area contributed by atoms with E-state index in [-0.39, 0.29) is 11.7 Å². The lowest BCUT2D eigenvalue weighted by molar-refractivity contribution is -0.124. The standard InChI is InChI=1S/C22H28N2O4Si/c1-15(25)14-20(26)24-21(16-6-10-18(28-2)11-7-16)22(27)23-17-8-12-19(13-9-17)29(3,4)5/h6-14,21,25H,1-5H3,(H,23,27)(H,24,26). The van der Waals surface area contributed by atoms with Crippen molar-refractivity contribution in [3.8, 4) is 5.75 Å². The number of ether oxygens (including phenoxy) is 1. The molecule has 0 radical (unpaired) electrons. The van der Waals surface area contributed by atoms with E-state index in [1.54, 1.807) is 31.4 Å². The van der Waals surface area contributed by atoms with Crippen LogP contribution in [-0.2, 0) is 9.59 Å². The zero-order chi connectivity index (χ0) is 21.6. The number of rotatable bonds is 7. The summed E-state index contributed by atoms with van der Waals surface area (Å²) >= 11 is 0. The van der Waals surface area contributed by atoms with Crippen molar-refractivity contribution < 1.29 is 19.4 Å². The number of hydrogen-bond acceptors (Lipinski definition) is 4. The third-order valence-electron chi connectivity index (χ3n) is 4.36. The molecule has 7 heteroatoms. The Balaban J connectivity index is 2.25. The topological polar surface area (TPSA) is 87.7 Å². The number of benzene rings is 2. The Labute approximate surface area is 172 Å². The molecule has 1 atom stereocenters. The molecule has 0 heterocycles. The summed E-state index contributed by atoms with van der Waals surface area (Å²) in [5.74, 6) is -0.436. The molecule has 154 valence electrons. The minimum atomic E-state index is -1.43. The van der Waals surface area contributed by atoms with Gasteiger partial charge in [-0.2, -0.15) is 0 Å². The predicted molar refractivity (Wildman–Crippen MR) is 118 cm³/mol. The number of carbonyl (C=O) groups is 2. The van der Waals surface area contributed by atoms with Crippen LogP contribution in [0.25, 0.3) is 0 Å². The lowest BCUT2D eigenvalue weighted by Gasteiger charge is -2.20. The molecule has 2 aromatic rings. The van der Waals surface area contributed by atoms with Crippen LogP contribution in [0.2, 0.25) is 19.6 Å². The minimum absolute atomic E-state index is 0.140. The molecule has 2 aromatic carbocycles. The van der Waals surface area contributed by atoms with Gasteiger partial charge in [0.05, 0.1) is 20.9 Å². The summed E-state index contributed by atoms with van der Waals surface area (Å²) in [7, 11) is 0.126. The van der Waals surface area contributed by atoms with Crippen LogP contribution in [0.3, 0.4) is 0 Å². The third kappa shape index (κ3) is 6.50. The molecule has 0 fully saturated rings. The van der Waals surface area contributed by atoms with E-state index >= 15 is 0 Å². The number of nitrogens with one attached hydrogen (secondary N) is 2. The van der Waals surface area contributed by atoms with Gasteiger partial charge >= 0.3 is 0 Å². The van der Waals surface area contributed by atoms with Gasteiger partial charge in [-0.1, -0.05) is 49.1 Å². The molecule has 0 aromatic heterocycles. The summed E-state index contributed by atoms with van der Waals surface area (Å²) in [6.07, 6.45) is 1.03. The van der Waals surface area contributed by atoms with E-state index in [1.807, 2.05) is 24.3 Å². The average Bonchev–Trinajstić information content (AvgIpc) is 2.65. The number of allylic oxidation sites excluding steroid dienone is 1. The van der Waals surface area contributed by atoms with Gasteiger partial charge in [-0.3, -0.25) is 9.59 Å². The van der Waals surface area contributed by atoms with Crippen molar-refractivity contribution in [2.45, 2.75) is 32.6 Å². The Morgan fingerprint density at radius 3 is 2.10 bits per heavy atom. The molecular weight excluding hydrogens is 384 g/mol. The van der Waals surface area contributed by atoms with Crippen molar-refractivity contribution >= 4 is 30.8 Å². The molecular formula is C22H28N2O4Si. The molecule has 6 nitrogen and oxygen atoms in total. The van der Waals surface area contributed by atoms with Gasteiger partial charge in [0, 0.05) is 11.8 Å². The van der Waals surface area contributed by atoms with Crippen molar-refractivity contribution in [1.82, 2.24) is 5.32 Å². The van der Waals surface area contributed by atoms with E-state index < -0.39 is 20.0 Å². The lowest BCUT2D eigenvalue weighted by atomic mass is 10.1. The van der Waals surface area contributed by atoms with Crippen LogP contribution >= 0.6 is 0 Å². The predicted octanol–water partition coefficient (Wildman–Crippen LogP) is 3.50. The highest BCUT2D eigenvalue weighted by atomic mass is 28.3. The normalized spacial score (nSPS) is 12.8. The maximum atomic E-state index is 12.9. The summed E-state index contributed by atoms with van der Waals surface area (Å²) in [6, 6.07) is 13.7. The largest absolute Gasteiger partial charge is 0.512 e. The Morgan fingerprint density at radius 2 is 1.62 bits per heavy atom. The van der Waals surface area contributed by atoms with Crippen molar-refractivity contribution in [3.05, 3.63) is 65.9 Å². The molecule has 0 spiro atoms. The van der Waals surface area contributed by atoms with Crippen LogP contribution in [0.15, 0.2) is 60.4 Å². The Bertz CT molecular complexity index is 881. The number of carbonyl (C=O) groups excluding carboxylic acids is 2. The van der Waals surface area contributed by atoms with Crippen molar-refractivity contribution in [1.29, 1.82) is 0 Å². The summed E-state index contributed by atoms with van der Waals surface area (Å²) in [5, 5.41) is 16.1. The molecule has 0 aliphatic rings. The van der Waals surface area contributed by atoms with E-state index in [0.717, 1.165) is 6.08 Å². The lowest BCUT2D eigenvalue weighted by Crippen LogP contribution is -2.38. The molecule has 0 aliphatic heterocycles. The second kappa shape index (κ2) is 9.42. The first-order valence-corrected chi connectivity index (χ1v) is 12.8. The minimum Gasteiger partial charge on any atom is -0.512 e. The molecule has 2 rings (SSSR count). The highest BCUT2D eigenvalue weighted by Gasteiger charge is 2.23. The van der Waals surface area contributed by atoms with Gasteiger partial charge in [0.1, 0.15) is 11.8 Å². The molecule has 0 saturated heterocycles. The van der Waals surface area contributed by atoms with Gasteiger partial charge in [-0.25, -0.2) is 0 Å². The first-order valence-electron chi connectivity index (χ1n) is 9.33. The average molecular weight is 413 g/mol. The number of methoxy groups -OCH3 is 1. The summed E-state index contributed by atoms with van der Waals surface area (Å²) in [6.45, 7) is 8.16. The smallest absolute Gasteiger partial charge is 0.251 e. The fourth-order valence-electron chi connectivity index (χ4n) is 2.74. The molecule has 1 unspecified atom stereocenters. The second-order valence-electron chi connectivity index (χ2n) is 7.82. The maximum absolute atomic E-state index is 12.9.